The third-order valence-corrected chi connectivity index (χ3v) is 4.62. The smallest absolute Gasteiger partial charge is 0.398 e. The maximum absolute atomic E-state index is 13.2. The first-order chi connectivity index (χ1) is 13.7. The molecule has 0 aliphatic rings. The number of aromatic nitrogens is 1. The van der Waals surface area contributed by atoms with Gasteiger partial charge in [-0.1, -0.05) is 23.7 Å². The Bertz CT molecular complexity index is 1150. The predicted octanol–water partition coefficient (Wildman–Crippen LogP) is 5.02. The molecule has 0 saturated carbocycles. The molecule has 6 N–H and O–H groups in total. The lowest BCUT2D eigenvalue weighted by Gasteiger charge is -2.16. The predicted molar refractivity (Wildman–Crippen MR) is 110 cm³/mol. The van der Waals surface area contributed by atoms with E-state index in [2.05, 4.69) is 4.98 Å². The zero-order chi connectivity index (χ0) is 21.3. The Balaban J connectivity index is 2.45. The molecule has 0 aliphatic carbocycles. The highest BCUT2D eigenvalue weighted by Gasteiger charge is 2.34. The number of hydrogen-bond acceptors (Lipinski definition) is 5. The maximum atomic E-state index is 13.2. The van der Waals surface area contributed by atoms with Crippen LogP contribution in [0.15, 0.2) is 48.2 Å². The highest BCUT2D eigenvalue weighted by molar-refractivity contribution is 6.30. The fourth-order valence-corrected chi connectivity index (χ4v) is 3.09. The number of allylic oxidation sites excluding steroid dienone is 2. The van der Waals surface area contributed by atoms with E-state index >= 15 is 0 Å². The molecule has 148 valence electrons. The summed E-state index contributed by atoms with van der Waals surface area (Å²) < 4.78 is 39.5. The number of hydrogen-bond donors (Lipinski definition) is 4. The molecule has 0 spiro atoms. The summed E-state index contributed by atoms with van der Waals surface area (Å²) in [5, 5.41) is 16.2. The quantitative estimate of drug-likeness (QED) is 0.353. The fraction of sp³-hybridized carbons (Fsp3) is 0.0500. The van der Waals surface area contributed by atoms with Gasteiger partial charge in [0.15, 0.2) is 0 Å². The molecule has 0 aliphatic heterocycles. The Hall–Kier alpha value is -3.39. The molecule has 1 aromatic heterocycles. The lowest BCUT2D eigenvalue weighted by atomic mass is 9.94. The number of fused-ring (bicyclic) bond motifs is 1. The van der Waals surface area contributed by atoms with Crippen LogP contribution in [-0.2, 0) is 0 Å². The number of halogens is 4. The van der Waals surface area contributed by atoms with Gasteiger partial charge in [-0.25, -0.2) is 4.98 Å². The molecule has 0 bridgehead atoms. The average molecular weight is 418 g/mol. The van der Waals surface area contributed by atoms with Gasteiger partial charge in [0.2, 0.25) is 0 Å². The molecule has 1 heterocycles. The van der Waals surface area contributed by atoms with Crippen LogP contribution < -0.4 is 11.5 Å². The average Bonchev–Trinajstić information content (AvgIpc) is 2.68. The van der Waals surface area contributed by atoms with Crippen LogP contribution in [0.25, 0.3) is 27.6 Å². The summed E-state index contributed by atoms with van der Waals surface area (Å²) in [4.78, 5) is 4.26. The number of nitrogen functional groups attached to an aromatic ring is 1. The molecular weight excluding hydrogens is 403 g/mol. The second-order valence-corrected chi connectivity index (χ2v) is 6.57. The number of rotatable bonds is 4. The topological polar surface area (TPSA) is 113 Å². The Labute approximate surface area is 168 Å². The minimum absolute atomic E-state index is 0.118. The summed E-state index contributed by atoms with van der Waals surface area (Å²) in [5.74, 6) is 0. The van der Waals surface area contributed by atoms with Gasteiger partial charge in [-0.3, -0.25) is 0 Å². The molecule has 3 aromatic rings. The lowest BCUT2D eigenvalue weighted by molar-refractivity contribution is -0.0918. The number of nitrogens with one attached hydrogen (secondary N) is 2. The Kier molecular flexibility index (Phi) is 5.30. The number of nitrogens with zero attached hydrogens (tertiary/aromatic N) is 1. The first-order valence-corrected chi connectivity index (χ1v) is 8.62. The highest BCUT2D eigenvalue weighted by Crippen LogP contribution is 2.36. The van der Waals surface area contributed by atoms with E-state index < -0.39 is 17.4 Å². The number of alkyl halides is 3. The number of nitrogens with two attached hydrogens (primary N) is 2. The second kappa shape index (κ2) is 7.56. The lowest BCUT2D eigenvalue weighted by Crippen LogP contribution is -2.22. The first kappa shape index (κ1) is 20.3. The zero-order valence-electron chi connectivity index (χ0n) is 14.8. The molecule has 0 saturated heterocycles. The molecule has 5 nitrogen and oxygen atoms in total. The van der Waals surface area contributed by atoms with Crippen molar-refractivity contribution in [3.8, 4) is 11.1 Å². The third kappa shape index (κ3) is 3.79. The van der Waals surface area contributed by atoms with Crippen molar-refractivity contribution in [1.29, 1.82) is 10.8 Å². The van der Waals surface area contributed by atoms with Crippen molar-refractivity contribution in [3.63, 3.8) is 0 Å². The summed E-state index contributed by atoms with van der Waals surface area (Å²) in [7, 11) is 0. The van der Waals surface area contributed by atoms with E-state index in [0.29, 0.717) is 44.5 Å². The van der Waals surface area contributed by atoms with Gasteiger partial charge >= 0.3 is 6.18 Å². The van der Waals surface area contributed by atoms with Gasteiger partial charge in [0.1, 0.15) is 5.70 Å². The summed E-state index contributed by atoms with van der Waals surface area (Å²) in [6.45, 7) is 0. The molecule has 0 fully saturated rings. The molecule has 9 heteroatoms. The normalized spacial score (nSPS) is 12.6. The van der Waals surface area contributed by atoms with Crippen molar-refractivity contribution in [3.05, 3.63) is 64.4 Å². The molecule has 2 aromatic carbocycles. The van der Waals surface area contributed by atoms with Crippen LogP contribution in [0.2, 0.25) is 5.02 Å². The van der Waals surface area contributed by atoms with Crippen LogP contribution in [0, 0.1) is 10.8 Å². The summed E-state index contributed by atoms with van der Waals surface area (Å²) in [6, 6.07) is 11.1. The van der Waals surface area contributed by atoms with Crippen molar-refractivity contribution in [2.75, 3.05) is 5.73 Å². The third-order valence-electron chi connectivity index (χ3n) is 4.36. The summed E-state index contributed by atoms with van der Waals surface area (Å²) in [6.07, 6.45) is -3.22. The summed E-state index contributed by atoms with van der Waals surface area (Å²) >= 11 is 5.95. The van der Waals surface area contributed by atoms with Crippen LogP contribution >= 0.6 is 11.6 Å². The molecule has 0 atom stereocenters. The van der Waals surface area contributed by atoms with E-state index in [1.165, 1.54) is 12.1 Å². The van der Waals surface area contributed by atoms with Gasteiger partial charge in [0.05, 0.1) is 11.2 Å². The van der Waals surface area contributed by atoms with Crippen molar-refractivity contribution in [2.24, 2.45) is 5.73 Å². The molecule has 29 heavy (non-hydrogen) atoms. The van der Waals surface area contributed by atoms with E-state index in [1.807, 2.05) is 0 Å². The molecule has 0 radical (unpaired) electrons. The van der Waals surface area contributed by atoms with E-state index in [4.69, 9.17) is 33.9 Å². The molecule has 0 unspecified atom stereocenters. The van der Waals surface area contributed by atoms with E-state index in [1.54, 1.807) is 30.3 Å². The molecular formula is C20H15ClF3N5. The highest BCUT2D eigenvalue weighted by atomic mass is 35.5. The number of pyridine rings is 1. The zero-order valence-corrected chi connectivity index (χ0v) is 15.6. The molecule has 3 rings (SSSR count). The van der Waals surface area contributed by atoms with Gasteiger partial charge in [0, 0.05) is 39.7 Å². The van der Waals surface area contributed by atoms with Gasteiger partial charge < -0.3 is 22.3 Å². The Morgan fingerprint density at radius 2 is 1.72 bits per heavy atom. The van der Waals surface area contributed by atoms with Crippen LogP contribution in [0.1, 0.15) is 11.3 Å². The molecule has 0 amide bonds. The van der Waals surface area contributed by atoms with Gasteiger partial charge in [-0.2, -0.15) is 13.2 Å². The maximum Gasteiger partial charge on any atom is 0.431 e. The van der Waals surface area contributed by atoms with Gasteiger partial charge in [-0.15, -0.1) is 0 Å². The standard InChI is InChI=1S/C20H15ClF3N5/c21-11-3-1-10(2-4-11)12-7-17(14(9-26)19(28)20(22,23)24)29-16-6-5-15(27)13(8-25)18(12)16/h1-9,25-26H,27-28H2. The second-order valence-electron chi connectivity index (χ2n) is 6.14. The fourth-order valence-electron chi connectivity index (χ4n) is 2.96. The Morgan fingerprint density at radius 1 is 1.07 bits per heavy atom. The van der Waals surface area contributed by atoms with Crippen molar-refractivity contribution < 1.29 is 13.2 Å². The van der Waals surface area contributed by atoms with Crippen molar-refractivity contribution in [2.45, 2.75) is 6.18 Å². The van der Waals surface area contributed by atoms with E-state index in [0.717, 1.165) is 6.21 Å². The van der Waals surface area contributed by atoms with Crippen molar-refractivity contribution >= 4 is 46.2 Å². The number of benzene rings is 2. The monoisotopic (exact) mass is 417 g/mol. The first-order valence-electron chi connectivity index (χ1n) is 8.24. The summed E-state index contributed by atoms with van der Waals surface area (Å²) in [5.41, 5.74) is 11.3. The van der Waals surface area contributed by atoms with Gasteiger partial charge in [0.25, 0.3) is 0 Å². The van der Waals surface area contributed by atoms with Crippen LogP contribution in [0.3, 0.4) is 0 Å². The minimum atomic E-state index is -4.81. The SMILES string of the molecule is N=CC(=C(N)C(F)(F)F)c1cc(-c2ccc(Cl)cc2)c2c(C=N)c(N)ccc2n1. The van der Waals surface area contributed by atoms with Crippen LogP contribution in [0.5, 0.6) is 0 Å². The van der Waals surface area contributed by atoms with Gasteiger partial charge in [-0.05, 0) is 41.5 Å². The largest absolute Gasteiger partial charge is 0.431 e. The van der Waals surface area contributed by atoms with E-state index in [-0.39, 0.29) is 5.69 Å². The van der Waals surface area contributed by atoms with Crippen molar-refractivity contribution in [1.82, 2.24) is 4.98 Å². The Morgan fingerprint density at radius 3 is 2.28 bits per heavy atom. The van der Waals surface area contributed by atoms with Crippen LogP contribution in [0.4, 0.5) is 18.9 Å². The van der Waals surface area contributed by atoms with Crippen LogP contribution in [-0.4, -0.2) is 23.6 Å². The number of anilines is 1. The minimum Gasteiger partial charge on any atom is -0.398 e. The van der Waals surface area contributed by atoms with E-state index in [9.17, 15) is 13.2 Å².